The van der Waals surface area contributed by atoms with Crippen molar-refractivity contribution in [2.24, 2.45) is 5.92 Å². The average Bonchev–Trinajstić information content (AvgIpc) is 3.14. The molecular weight excluding hydrogens is 308 g/mol. The van der Waals surface area contributed by atoms with Crippen LogP contribution in [0.25, 0.3) is 0 Å². The molecule has 0 aliphatic heterocycles. The van der Waals surface area contributed by atoms with Gasteiger partial charge in [0, 0.05) is 17.1 Å². The van der Waals surface area contributed by atoms with Crippen molar-refractivity contribution < 1.29 is 4.79 Å². The molecule has 2 N–H and O–H groups in total. The third-order valence-corrected chi connectivity index (χ3v) is 4.62. The molecule has 23 heavy (non-hydrogen) atoms. The molecule has 126 valence electrons. The Morgan fingerprint density at radius 2 is 2.17 bits per heavy atom. The van der Waals surface area contributed by atoms with Crippen LogP contribution >= 0.6 is 11.3 Å². The largest absolute Gasteiger partial charge is 0.347 e. The zero-order valence-corrected chi connectivity index (χ0v) is 15.1. The van der Waals surface area contributed by atoms with E-state index in [-0.39, 0.29) is 18.0 Å². The Bertz CT molecular complexity index is 606. The van der Waals surface area contributed by atoms with Gasteiger partial charge in [0.25, 0.3) is 0 Å². The maximum absolute atomic E-state index is 12.2. The van der Waals surface area contributed by atoms with Crippen LogP contribution in [0.3, 0.4) is 0 Å². The average molecular weight is 334 g/mol. The molecule has 0 spiro atoms. The lowest BCUT2D eigenvalue weighted by Gasteiger charge is -2.22. The molecule has 2 aromatic heterocycles. The van der Waals surface area contributed by atoms with Crippen molar-refractivity contribution in [2.45, 2.75) is 46.3 Å². The fourth-order valence-electron chi connectivity index (χ4n) is 2.44. The van der Waals surface area contributed by atoms with E-state index in [4.69, 9.17) is 0 Å². The third-order valence-electron chi connectivity index (χ3n) is 3.67. The fourth-order valence-corrected chi connectivity index (χ4v) is 3.39. The molecule has 2 rings (SSSR count). The molecule has 0 aliphatic carbocycles. The van der Waals surface area contributed by atoms with Gasteiger partial charge < -0.3 is 10.6 Å². The number of hydrogen-bond acceptors (Lipinski definition) is 4. The summed E-state index contributed by atoms with van der Waals surface area (Å²) in [6.07, 6.45) is 3.84. The van der Waals surface area contributed by atoms with Crippen molar-refractivity contribution in [1.82, 2.24) is 20.4 Å². The maximum atomic E-state index is 12.2. The van der Waals surface area contributed by atoms with Crippen LogP contribution in [0.15, 0.2) is 29.9 Å². The van der Waals surface area contributed by atoms with E-state index in [0.29, 0.717) is 12.5 Å². The number of aryl methyl sites for hydroxylation is 1. The van der Waals surface area contributed by atoms with Crippen molar-refractivity contribution in [1.29, 1.82) is 0 Å². The van der Waals surface area contributed by atoms with Crippen LogP contribution in [0, 0.1) is 12.8 Å². The summed E-state index contributed by atoms with van der Waals surface area (Å²) in [6.45, 7) is 9.40. The molecule has 0 saturated carbocycles. The Morgan fingerprint density at radius 3 is 2.74 bits per heavy atom. The summed E-state index contributed by atoms with van der Waals surface area (Å²) < 4.78 is 1.90. The monoisotopic (exact) mass is 334 g/mol. The van der Waals surface area contributed by atoms with Crippen LogP contribution in [-0.2, 0) is 11.3 Å². The molecule has 0 saturated heterocycles. The van der Waals surface area contributed by atoms with Gasteiger partial charge in [0.15, 0.2) is 0 Å². The number of nitrogens with zero attached hydrogens (tertiary/aromatic N) is 2. The molecule has 0 unspecified atom stereocenters. The Morgan fingerprint density at radius 1 is 1.39 bits per heavy atom. The quantitative estimate of drug-likeness (QED) is 0.780. The first-order valence-electron chi connectivity index (χ1n) is 8.01. The maximum Gasteiger partial charge on any atom is 0.234 e. The van der Waals surface area contributed by atoms with Gasteiger partial charge in [-0.1, -0.05) is 19.9 Å². The van der Waals surface area contributed by atoms with Gasteiger partial charge in [0.1, 0.15) is 0 Å². The topological polar surface area (TPSA) is 59.0 Å². The summed E-state index contributed by atoms with van der Waals surface area (Å²) in [6, 6.07) is 4.35. The smallest absolute Gasteiger partial charge is 0.234 e. The summed E-state index contributed by atoms with van der Waals surface area (Å²) in [7, 11) is 0. The minimum atomic E-state index is 0.0283. The van der Waals surface area contributed by atoms with E-state index < -0.39 is 0 Å². The lowest BCUT2D eigenvalue weighted by atomic mass is 10.0. The Balaban J connectivity index is 1.79. The molecule has 0 fully saturated rings. The molecular formula is C17H26N4OS. The van der Waals surface area contributed by atoms with Crippen molar-refractivity contribution >= 4 is 17.2 Å². The van der Waals surface area contributed by atoms with Crippen LogP contribution in [0.1, 0.15) is 37.3 Å². The van der Waals surface area contributed by atoms with Crippen LogP contribution in [0.2, 0.25) is 0 Å². The van der Waals surface area contributed by atoms with Gasteiger partial charge >= 0.3 is 0 Å². The van der Waals surface area contributed by atoms with Gasteiger partial charge in [-0.05, 0) is 36.8 Å². The SMILES string of the molecule is Cc1cnn(C[C@@H](C)NCC(=O)N[C@H](c2cccs2)C(C)C)c1. The predicted molar refractivity (Wildman–Crippen MR) is 94.5 cm³/mol. The minimum Gasteiger partial charge on any atom is -0.347 e. The van der Waals surface area contributed by atoms with Crippen molar-refractivity contribution in [3.63, 3.8) is 0 Å². The zero-order valence-electron chi connectivity index (χ0n) is 14.2. The van der Waals surface area contributed by atoms with Crippen molar-refractivity contribution in [3.05, 3.63) is 40.3 Å². The van der Waals surface area contributed by atoms with E-state index in [9.17, 15) is 4.79 Å². The van der Waals surface area contributed by atoms with Gasteiger partial charge in [-0.25, -0.2) is 0 Å². The molecule has 6 heteroatoms. The first-order valence-corrected chi connectivity index (χ1v) is 8.89. The van der Waals surface area contributed by atoms with Gasteiger partial charge in [-0.2, -0.15) is 5.10 Å². The predicted octanol–water partition coefficient (Wildman–Crippen LogP) is 2.74. The highest BCUT2D eigenvalue weighted by Gasteiger charge is 2.19. The highest BCUT2D eigenvalue weighted by atomic mass is 32.1. The molecule has 0 aromatic carbocycles. The number of nitrogens with one attached hydrogen (secondary N) is 2. The number of thiophene rings is 1. The molecule has 0 bridgehead atoms. The first kappa shape index (κ1) is 17.7. The first-order chi connectivity index (χ1) is 11.0. The third kappa shape index (κ3) is 5.48. The van der Waals surface area contributed by atoms with Crippen LogP contribution in [0.4, 0.5) is 0 Å². The zero-order chi connectivity index (χ0) is 16.8. The van der Waals surface area contributed by atoms with Crippen LogP contribution < -0.4 is 10.6 Å². The molecule has 0 radical (unpaired) electrons. The summed E-state index contributed by atoms with van der Waals surface area (Å²) in [5, 5.41) is 12.7. The second-order valence-electron chi connectivity index (χ2n) is 6.33. The van der Waals surface area contributed by atoms with E-state index in [1.54, 1.807) is 11.3 Å². The van der Waals surface area contributed by atoms with Gasteiger partial charge in [-0.15, -0.1) is 11.3 Å². The molecule has 5 nitrogen and oxygen atoms in total. The van der Waals surface area contributed by atoms with Crippen molar-refractivity contribution in [3.8, 4) is 0 Å². The number of carbonyl (C=O) groups excluding carboxylic acids is 1. The van der Waals surface area contributed by atoms with E-state index >= 15 is 0 Å². The molecule has 2 aromatic rings. The normalized spacial score (nSPS) is 14.0. The lowest BCUT2D eigenvalue weighted by molar-refractivity contribution is -0.121. The highest BCUT2D eigenvalue weighted by molar-refractivity contribution is 7.10. The second-order valence-corrected chi connectivity index (χ2v) is 7.31. The molecule has 1 amide bonds. The molecule has 2 heterocycles. The number of amides is 1. The van der Waals surface area contributed by atoms with E-state index in [2.05, 4.69) is 42.6 Å². The summed E-state index contributed by atoms with van der Waals surface area (Å²) in [5.41, 5.74) is 1.14. The van der Waals surface area contributed by atoms with Crippen molar-refractivity contribution in [2.75, 3.05) is 6.54 Å². The molecule has 0 aliphatic rings. The lowest BCUT2D eigenvalue weighted by Crippen LogP contribution is -2.41. The van der Waals surface area contributed by atoms with Crippen LogP contribution in [-0.4, -0.2) is 28.3 Å². The van der Waals surface area contributed by atoms with E-state index in [0.717, 1.165) is 12.1 Å². The summed E-state index contributed by atoms with van der Waals surface area (Å²) >= 11 is 1.68. The standard InChI is InChI=1S/C17H26N4OS/c1-12(2)17(15-6-5-7-23-15)20-16(22)9-18-14(4)11-21-10-13(3)8-19-21/h5-8,10,12,14,17-18H,9,11H2,1-4H3,(H,20,22)/t14-,17+/m1/s1. The van der Waals surface area contributed by atoms with E-state index in [1.165, 1.54) is 4.88 Å². The summed E-state index contributed by atoms with van der Waals surface area (Å²) in [5.74, 6) is 0.391. The number of carbonyl (C=O) groups is 1. The number of hydrogen-bond donors (Lipinski definition) is 2. The summed E-state index contributed by atoms with van der Waals surface area (Å²) in [4.78, 5) is 13.4. The van der Waals surface area contributed by atoms with Gasteiger partial charge in [-0.3, -0.25) is 9.48 Å². The Labute approximate surface area is 142 Å². The minimum absolute atomic E-state index is 0.0283. The second kappa shape index (κ2) is 8.26. The Hall–Kier alpha value is -1.66. The van der Waals surface area contributed by atoms with Gasteiger partial charge in [0.2, 0.25) is 5.91 Å². The highest BCUT2D eigenvalue weighted by Crippen LogP contribution is 2.25. The fraction of sp³-hybridized carbons (Fsp3) is 0.529. The van der Waals surface area contributed by atoms with Gasteiger partial charge in [0.05, 0.1) is 25.3 Å². The molecule has 2 atom stereocenters. The number of rotatable bonds is 8. The number of aromatic nitrogens is 2. The van der Waals surface area contributed by atoms with Crippen LogP contribution in [0.5, 0.6) is 0 Å². The van der Waals surface area contributed by atoms with E-state index in [1.807, 2.05) is 35.4 Å². The Kier molecular flexibility index (Phi) is 6.36.